The minimum Gasteiger partial charge on any atom is -0.455 e. The number of rotatable bonds is 11. The summed E-state index contributed by atoms with van der Waals surface area (Å²) in [6.45, 7) is 4.05. The molecule has 3 aliphatic heterocycles. The molecule has 0 saturated carbocycles. The lowest BCUT2D eigenvalue weighted by Crippen LogP contribution is -2.48. The van der Waals surface area contributed by atoms with Gasteiger partial charge in [-0.15, -0.1) is 0 Å². The van der Waals surface area contributed by atoms with Crippen molar-refractivity contribution in [3.05, 3.63) is 0 Å². The van der Waals surface area contributed by atoms with Crippen LogP contribution in [0.15, 0.2) is 0 Å². The van der Waals surface area contributed by atoms with Crippen LogP contribution in [0.1, 0.15) is 33.6 Å². The van der Waals surface area contributed by atoms with E-state index in [0.717, 1.165) is 0 Å². The van der Waals surface area contributed by atoms with Gasteiger partial charge in [0.2, 0.25) is 6.29 Å². The molecule has 0 spiro atoms. The highest BCUT2D eigenvalue weighted by molar-refractivity contribution is 7.86. The van der Waals surface area contributed by atoms with Gasteiger partial charge in [0, 0.05) is 13.0 Å². The van der Waals surface area contributed by atoms with Gasteiger partial charge in [-0.2, -0.15) is 17.2 Å². The van der Waals surface area contributed by atoms with Gasteiger partial charge in [-0.05, 0) is 6.92 Å². The predicted molar refractivity (Wildman–Crippen MR) is 108 cm³/mol. The number of hydrogen-bond donors (Lipinski definition) is 1. The topological polar surface area (TPSA) is 178 Å². The van der Waals surface area contributed by atoms with Crippen molar-refractivity contribution in [3.8, 4) is 0 Å². The lowest BCUT2D eigenvalue weighted by Gasteiger charge is -2.29. The lowest BCUT2D eigenvalue weighted by molar-refractivity contribution is -0.192. The smallest absolute Gasteiger partial charge is 0.405 e. The summed E-state index contributed by atoms with van der Waals surface area (Å²) in [5.41, 5.74) is 0. The largest absolute Gasteiger partial charge is 0.455 e. The highest BCUT2D eigenvalue weighted by Gasteiger charge is 2.72. The van der Waals surface area contributed by atoms with Crippen molar-refractivity contribution in [1.29, 1.82) is 0 Å². The summed E-state index contributed by atoms with van der Waals surface area (Å²) in [6, 6.07) is 0. The molecule has 13 nitrogen and oxygen atoms in total. The summed E-state index contributed by atoms with van der Waals surface area (Å²) in [4.78, 5) is 49.3. The van der Waals surface area contributed by atoms with Crippen LogP contribution in [0.5, 0.6) is 0 Å². The zero-order chi connectivity index (χ0) is 27.2. The van der Waals surface area contributed by atoms with Crippen LogP contribution in [-0.4, -0.2) is 86.0 Å². The summed E-state index contributed by atoms with van der Waals surface area (Å²) in [7, 11) is -4.50. The van der Waals surface area contributed by atoms with Crippen molar-refractivity contribution in [3.63, 3.8) is 0 Å². The Bertz CT molecular complexity index is 1010. The average Bonchev–Trinajstić information content (AvgIpc) is 3.38. The van der Waals surface area contributed by atoms with Crippen LogP contribution in [0.4, 0.5) is 8.78 Å². The molecule has 3 rings (SSSR count). The summed E-state index contributed by atoms with van der Waals surface area (Å²) in [5.74, 6) is -6.19. The highest BCUT2D eigenvalue weighted by atomic mass is 32.2. The first-order valence-corrected chi connectivity index (χ1v) is 12.4. The van der Waals surface area contributed by atoms with Crippen molar-refractivity contribution < 1.29 is 69.4 Å². The second kappa shape index (κ2) is 10.1. The molecule has 8 atom stereocenters. The number of carbonyl (C=O) groups is 4. The van der Waals surface area contributed by atoms with Crippen molar-refractivity contribution >= 4 is 34.0 Å². The summed E-state index contributed by atoms with van der Waals surface area (Å²) in [5, 5.41) is -4.76. The van der Waals surface area contributed by atoms with Crippen LogP contribution in [-0.2, 0) is 57.7 Å². The molecular weight excluding hydrogens is 518 g/mol. The second-order valence-corrected chi connectivity index (χ2v) is 10.4. The molecule has 3 aliphatic rings. The molecule has 36 heavy (non-hydrogen) atoms. The number of methoxy groups -OCH3 is 1. The van der Waals surface area contributed by atoms with Gasteiger partial charge in [-0.1, -0.05) is 13.8 Å². The highest BCUT2D eigenvalue weighted by Crippen LogP contribution is 2.51. The second-order valence-electron chi connectivity index (χ2n) is 8.93. The number of hydrogen-bond acceptors (Lipinski definition) is 12. The van der Waals surface area contributed by atoms with Gasteiger partial charge in [-0.25, -0.2) is 0 Å². The van der Waals surface area contributed by atoms with E-state index in [4.69, 9.17) is 28.2 Å². The SMILES string of the molecule is COC(OC(=O)C1C2OC3C(OC(=O)C31)C2OC(=O)CCC(=O)OC(C)C(F)(F)S(=O)(=O)O)C(C)C. The lowest BCUT2D eigenvalue weighted by atomic mass is 9.78. The summed E-state index contributed by atoms with van der Waals surface area (Å²) < 4.78 is 87.9. The third-order valence-corrected chi connectivity index (χ3v) is 7.13. The van der Waals surface area contributed by atoms with Gasteiger partial charge in [0.15, 0.2) is 18.3 Å². The van der Waals surface area contributed by atoms with Gasteiger partial charge < -0.3 is 28.4 Å². The van der Waals surface area contributed by atoms with E-state index in [1.807, 2.05) is 0 Å². The molecule has 3 heterocycles. The van der Waals surface area contributed by atoms with E-state index in [-0.39, 0.29) is 5.92 Å². The molecule has 0 amide bonds. The number of fused-ring (bicyclic) bond motifs is 1. The number of ether oxygens (including phenoxy) is 6. The molecule has 3 saturated heterocycles. The van der Waals surface area contributed by atoms with Gasteiger partial charge in [0.1, 0.15) is 24.0 Å². The number of alkyl halides is 2. The molecule has 0 aromatic rings. The molecule has 0 aromatic heterocycles. The molecular formula is C20H26F2O13S. The van der Waals surface area contributed by atoms with Crippen LogP contribution < -0.4 is 0 Å². The zero-order valence-corrected chi connectivity index (χ0v) is 20.4. The van der Waals surface area contributed by atoms with Gasteiger partial charge >= 0.3 is 39.2 Å². The van der Waals surface area contributed by atoms with Crippen molar-refractivity contribution in [2.45, 2.75) is 75.7 Å². The molecule has 2 bridgehead atoms. The quantitative estimate of drug-likeness (QED) is 0.162. The normalized spacial score (nSPS) is 30.6. The maximum absolute atomic E-state index is 13.5. The first-order valence-electron chi connectivity index (χ1n) is 10.9. The van der Waals surface area contributed by atoms with E-state index >= 15 is 0 Å². The number of halogens is 2. The van der Waals surface area contributed by atoms with Crippen LogP contribution in [0.25, 0.3) is 0 Å². The fourth-order valence-corrected chi connectivity index (χ4v) is 4.81. The minimum absolute atomic E-state index is 0.199. The fourth-order valence-electron chi connectivity index (χ4n) is 4.34. The van der Waals surface area contributed by atoms with Gasteiger partial charge in [0.25, 0.3) is 0 Å². The first-order chi connectivity index (χ1) is 16.6. The Hall–Kier alpha value is -2.43. The number of esters is 4. The van der Waals surface area contributed by atoms with Gasteiger partial charge in [0.05, 0.1) is 12.8 Å². The Balaban J connectivity index is 1.59. The van der Waals surface area contributed by atoms with E-state index in [9.17, 15) is 36.4 Å². The van der Waals surface area contributed by atoms with E-state index < -0.39 is 101 Å². The zero-order valence-electron chi connectivity index (χ0n) is 19.6. The van der Waals surface area contributed by atoms with E-state index in [2.05, 4.69) is 4.74 Å². The standard InChI is InChI=1S/C20H26F2O13S/c1-7(2)19(30-4)35-18(26)12-11-14-16(34-17(11)25)15(13(12)33-14)32-10(24)6-5-9(23)31-8(3)20(21,22)36(27,28)29/h7-8,11-16,19H,5-6H2,1-4H3,(H,27,28,29). The Morgan fingerprint density at radius 3 is 2.22 bits per heavy atom. The Labute approximate surface area is 204 Å². The average molecular weight is 544 g/mol. The van der Waals surface area contributed by atoms with Crippen LogP contribution in [0, 0.1) is 17.8 Å². The van der Waals surface area contributed by atoms with Crippen molar-refractivity contribution in [2.24, 2.45) is 17.8 Å². The van der Waals surface area contributed by atoms with Crippen LogP contribution in [0.2, 0.25) is 0 Å². The van der Waals surface area contributed by atoms with Crippen LogP contribution in [0.3, 0.4) is 0 Å². The maximum Gasteiger partial charge on any atom is 0.405 e. The van der Waals surface area contributed by atoms with E-state index in [1.54, 1.807) is 13.8 Å². The van der Waals surface area contributed by atoms with Gasteiger partial charge in [-0.3, -0.25) is 23.7 Å². The van der Waals surface area contributed by atoms with Crippen LogP contribution >= 0.6 is 0 Å². The molecule has 8 unspecified atom stereocenters. The molecule has 0 aliphatic carbocycles. The third kappa shape index (κ3) is 5.17. The minimum atomic E-state index is -5.84. The Kier molecular flexibility index (Phi) is 7.93. The summed E-state index contributed by atoms with van der Waals surface area (Å²) >= 11 is 0. The predicted octanol–water partition coefficient (Wildman–Crippen LogP) is 0.201. The van der Waals surface area contributed by atoms with Crippen molar-refractivity contribution in [2.75, 3.05) is 7.11 Å². The molecule has 1 N–H and O–H groups in total. The third-order valence-electron chi connectivity index (χ3n) is 6.11. The fraction of sp³-hybridized carbons (Fsp3) is 0.800. The van der Waals surface area contributed by atoms with Crippen molar-refractivity contribution in [1.82, 2.24) is 0 Å². The molecule has 204 valence electrons. The first kappa shape index (κ1) is 28.1. The molecule has 0 aromatic carbocycles. The maximum atomic E-state index is 13.5. The number of carbonyl (C=O) groups excluding carboxylic acids is 4. The monoisotopic (exact) mass is 544 g/mol. The Morgan fingerprint density at radius 2 is 1.67 bits per heavy atom. The summed E-state index contributed by atoms with van der Waals surface area (Å²) in [6.07, 6.45) is -8.97. The molecule has 16 heteroatoms. The Morgan fingerprint density at radius 1 is 1.06 bits per heavy atom. The molecule has 3 fully saturated rings. The van der Waals surface area contributed by atoms with E-state index in [0.29, 0.717) is 6.92 Å². The molecule has 0 radical (unpaired) electrons. The van der Waals surface area contributed by atoms with E-state index in [1.165, 1.54) is 7.11 Å².